The lowest BCUT2D eigenvalue weighted by Gasteiger charge is -2.42. The summed E-state index contributed by atoms with van der Waals surface area (Å²) in [5.74, 6) is 0.681. The SMILES string of the molecule is COCCN(C)CC1CN(c2cc(Br)cc3nonc23)C1. The first-order chi connectivity index (χ1) is 10.2. The highest BCUT2D eigenvalue weighted by molar-refractivity contribution is 9.10. The molecule has 21 heavy (non-hydrogen) atoms. The number of anilines is 1. The summed E-state index contributed by atoms with van der Waals surface area (Å²) in [4.78, 5) is 4.64. The van der Waals surface area contributed by atoms with E-state index in [9.17, 15) is 0 Å². The van der Waals surface area contributed by atoms with Crippen molar-refractivity contribution in [2.45, 2.75) is 0 Å². The minimum atomic E-state index is 0.681. The summed E-state index contributed by atoms with van der Waals surface area (Å²) < 4.78 is 11.0. The zero-order valence-corrected chi connectivity index (χ0v) is 13.8. The first-order valence-electron chi connectivity index (χ1n) is 7.01. The average molecular weight is 355 g/mol. The second kappa shape index (κ2) is 6.29. The van der Waals surface area contributed by atoms with Gasteiger partial charge in [0.25, 0.3) is 0 Å². The fourth-order valence-electron chi connectivity index (χ4n) is 2.74. The number of halogens is 1. The number of rotatable bonds is 6. The van der Waals surface area contributed by atoms with Crippen LogP contribution in [-0.2, 0) is 4.74 Å². The monoisotopic (exact) mass is 354 g/mol. The van der Waals surface area contributed by atoms with Crippen molar-refractivity contribution < 1.29 is 9.37 Å². The summed E-state index contributed by atoms with van der Waals surface area (Å²) in [6, 6.07) is 4.00. The fourth-order valence-corrected chi connectivity index (χ4v) is 3.18. The predicted molar refractivity (Wildman–Crippen MR) is 84.6 cm³/mol. The van der Waals surface area contributed by atoms with Gasteiger partial charge >= 0.3 is 0 Å². The first kappa shape index (κ1) is 14.7. The Hall–Kier alpha value is -1.18. The van der Waals surface area contributed by atoms with Gasteiger partial charge in [-0.1, -0.05) is 15.9 Å². The Kier molecular flexibility index (Phi) is 4.42. The van der Waals surface area contributed by atoms with Gasteiger partial charge in [0.05, 0.1) is 12.3 Å². The number of likely N-dealkylation sites (N-methyl/N-ethyl adjacent to an activating group) is 1. The zero-order chi connectivity index (χ0) is 14.8. The highest BCUT2D eigenvalue weighted by Gasteiger charge is 2.29. The van der Waals surface area contributed by atoms with Gasteiger partial charge in [0.1, 0.15) is 5.52 Å². The Morgan fingerprint density at radius 2 is 2.24 bits per heavy atom. The molecule has 1 aliphatic heterocycles. The highest BCUT2D eigenvalue weighted by atomic mass is 79.9. The van der Waals surface area contributed by atoms with Crippen LogP contribution in [0.15, 0.2) is 21.2 Å². The highest BCUT2D eigenvalue weighted by Crippen LogP contribution is 2.33. The molecule has 0 bridgehead atoms. The van der Waals surface area contributed by atoms with Crippen molar-refractivity contribution in [1.82, 2.24) is 15.2 Å². The van der Waals surface area contributed by atoms with Gasteiger partial charge in [0.15, 0.2) is 5.52 Å². The Balaban J connectivity index is 1.61. The van der Waals surface area contributed by atoms with Crippen molar-refractivity contribution in [2.24, 2.45) is 5.92 Å². The minimum Gasteiger partial charge on any atom is -0.383 e. The number of benzene rings is 1. The number of methoxy groups -OCH3 is 1. The van der Waals surface area contributed by atoms with Gasteiger partial charge < -0.3 is 14.5 Å². The third kappa shape index (κ3) is 3.20. The maximum Gasteiger partial charge on any atom is 0.158 e. The molecule has 1 aromatic heterocycles. The first-order valence-corrected chi connectivity index (χ1v) is 7.81. The number of aromatic nitrogens is 2. The van der Waals surface area contributed by atoms with Crippen molar-refractivity contribution in [3.63, 3.8) is 0 Å². The second-order valence-corrected chi connectivity index (χ2v) is 6.50. The quantitative estimate of drug-likeness (QED) is 0.790. The van der Waals surface area contributed by atoms with Crippen LogP contribution in [0.5, 0.6) is 0 Å². The molecule has 1 aromatic carbocycles. The third-order valence-electron chi connectivity index (χ3n) is 3.85. The molecule has 0 aliphatic carbocycles. The van der Waals surface area contributed by atoms with Crippen LogP contribution in [0.4, 0.5) is 5.69 Å². The largest absolute Gasteiger partial charge is 0.383 e. The lowest BCUT2D eigenvalue weighted by Crippen LogP contribution is -2.51. The molecule has 2 aromatic rings. The van der Waals surface area contributed by atoms with Crippen molar-refractivity contribution in [3.8, 4) is 0 Å². The van der Waals surface area contributed by atoms with E-state index in [-0.39, 0.29) is 0 Å². The molecule has 6 nitrogen and oxygen atoms in total. The molecule has 3 rings (SSSR count). The van der Waals surface area contributed by atoms with E-state index >= 15 is 0 Å². The third-order valence-corrected chi connectivity index (χ3v) is 4.31. The topological polar surface area (TPSA) is 54.6 Å². The molecule has 1 aliphatic rings. The van der Waals surface area contributed by atoms with Crippen LogP contribution in [0.2, 0.25) is 0 Å². The lowest BCUT2D eigenvalue weighted by atomic mass is 9.98. The molecule has 0 saturated carbocycles. The van der Waals surface area contributed by atoms with Crippen molar-refractivity contribution in [2.75, 3.05) is 51.8 Å². The van der Waals surface area contributed by atoms with E-state index < -0.39 is 0 Å². The molecule has 2 heterocycles. The number of hydrogen-bond acceptors (Lipinski definition) is 6. The Morgan fingerprint density at radius 3 is 3.00 bits per heavy atom. The molecular weight excluding hydrogens is 336 g/mol. The summed E-state index contributed by atoms with van der Waals surface area (Å²) in [5.41, 5.74) is 2.72. The molecule has 0 amide bonds. The molecular formula is C14H19BrN4O2. The van der Waals surface area contributed by atoms with E-state index in [1.54, 1.807) is 7.11 Å². The summed E-state index contributed by atoms with van der Waals surface area (Å²) >= 11 is 3.52. The average Bonchev–Trinajstić information content (AvgIpc) is 2.87. The minimum absolute atomic E-state index is 0.681. The summed E-state index contributed by atoms with van der Waals surface area (Å²) in [7, 11) is 3.88. The van der Waals surface area contributed by atoms with Gasteiger partial charge in [-0.3, -0.25) is 0 Å². The van der Waals surface area contributed by atoms with E-state index in [0.717, 1.165) is 54.0 Å². The standard InChI is InChI=1S/C14H19BrN4O2/c1-18(3-4-20-2)7-10-8-19(9-10)13-6-11(15)5-12-14(13)17-21-16-12/h5-6,10H,3-4,7-9H2,1-2H3. The maximum atomic E-state index is 5.11. The molecule has 0 N–H and O–H groups in total. The molecule has 7 heteroatoms. The van der Waals surface area contributed by atoms with Crippen LogP contribution in [0.1, 0.15) is 0 Å². The van der Waals surface area contributed by atoms with Crippen LogP contribution < -0.4 is 4.90 Å². The summed E-state index contributed by atoms with van der Waals surface area (Å²) in [5, 5.41) is 7.93. The second-order valence-electron chi connectivity index (χ2n) is 5.58. The number of hydrogen-bond donors (Lipinski definition) is 0. The van der Waals surface area contributed by atoms with Gasteiger partial charge in [-0.25, -0.2) is 4.63 Å². The molecule has 0 unspecified atom stereocenters. The maximum absolute atomic E-state index is 5.11. The predicted octanol–water partition coefficient (Wildman–Crippen LogP) is 2.00. The molecule has 1 fully saturated rings. The van der Waals surface area contributed by atoms with E-state index in [1.165, 1.54) is 0 Å². The van der Waals surface area contributed by atoms with E-state index in [1.807, 2.05) is 6.07 Å². The van der Waals surface area contributed by atoms with E-state index in [4.69, 9.17) is 9.37 Å². The molecule has 0 atom stereocenters. The van der Waals surface area contributed by atoms with Gasteiger partial charge in [0, 0.05) is 43.7 Å². The van der Waals surface area contributed by atoms with E-state index in [2.05, 4.69) is 49.2 Å². The smallest absolute Gasteiger partial charge is 0.158 e. The van der Waals surface area contributed by atoms with Gasteiger partial charge in [-0.15, -0.1) is 0 Å². The van der Waals surface area contributed by atoms with Crippen LogP contribution in [0, 0.1) is 5.92 Å². The van der Waals surface area contributed by atoms with Crippen molar-refractivity contribution in [3.05, 3.63) is 16.6 Å². The fraction of sp³-hybridized carbons (Fsp3) is 0.571. The van der Waals surface area contributed by atoms with Gasteiger partial charge in [-0.05, 0) is 29.5 Å². The van der Waals surface area contributed by atoms with Gasteiger partial charge in [0.2, 0.25) is 0 Å². The Labute approximate surface area is 132 Å². The normalized spacial score (nSPS) is 15.9. The molecule has 0 spiro atoms. The van der Waals surface area contributed by atoms with Crippen molar-refractivity contribution in [1.29, 1.82) is 0 Å². The Morgan fingerprint density at radius 1 is 1.43 bits per heavy atom. The van der Waals surface area contributed by atoms with Crippen LogP contribution in [0.3, 0.4) is 0 Å². The van der Waals surface area contributed by atoms with Crippen LogP contribution >= 0.6 is 15.9 Å². The Bertz CT molecular complexity index is 612. The number of nitrogens with zero attached hydrogens (tertiary/aromatic N) is 4. The zero-order valence-electron chi connectivity index (χ0n) is 12.3. The van der Waals surface area contributed by atoms with Crippen LogP contribution in [-0.4, -0.2) is 62.2 Å². The molecule has 0 radical (unpaired) electrons. The summed E-state index contributed by atoms with van der Waals surface area (Å²) in [6.45, 7) is 4.92. The van der Waals surface area contributed by atoms with Gasteiger partial charge in [-0.2, -0.15) is 0 Å². The number of ether oxygens (including phenoxy) is 1. The molecule has 1 saturated heterocycles. The van der Waals surface area contributed by atoms with E-state index in [0.29, 0.717) is 5.92 Å². The lowest BCUT2D eigenvalue weighted by molar-refractivity contribution is 0.147. The van der Waals surface area contributed by atoms with Crippen molar-refractivity contribution >= 4 is 32.7 Å². The molecule has 114 valence electrons. The summed E-state index contributed by atoms with van der Waals surface area (Å²) in [6.07, 6.45) is 0. The number of fused-ring (bicyclic) bond motifs is 1. The van der Waals surface area contributed by atoms with Crippen LogP contribution in [0.25, 0.3) is 11.0 Å².